The fraction of sp³-hybridized carbons (Fsp3) is 1.00. The van der Waals surface area contributed by atoms with Gasteiger partial charge < -0.3 is 9.47 Å². The van der Waals surface area contributed by atoms with Gasteiger partial charge in [-0.15, -0.1) is 0 Å². The first-order valence-electron chi connectivity index (χ1n) is 3.64. The van der Waals surface area contributed by atoms with Gasteiger partial charge in [-0.1, -0.05) is 13.8 Å². The molecular formula is C8H18O2. The summed E-state index contributed by atoms with van der Waals surface area (Å²) in [6.45, 7) is 6.25. The molecule has 0 radical (unpaired) electrons. The minimum Gasteiger partial charge on any atom is -0.353 e. The van der Waals surface area contributed by atoms with Crippen LogP contribution in [0.2, 0.25) is 0 Å². The third-order valence-corrected chi connectivity index (χ3v) is 1.64. The van der Waals surface area contributed by atoms with E-state index < -0.39 is 5.79 Å². The van der Waals surface area contributed by atoms with Crippen LogP contribution in [0.4, 0.5) is 0 Å². The minimum atomic E-state index is -0.395. The molecule has 0 amide bonds. The van der Waals surface area contributed by atoms with Crippen molar-refractivity contribution in [2.75, 3.05) is 14.2 Å². The van der Waals surface area contributed by atoms with E-state index in [9.17, 15) is 0 Å². The Kier molecular flexibility index (Phi) is 3.91. The molecule has 0 fully saturated rings. The Morgan fingerprint density at radius 2 is 1.60 bits per heavy atom. The van der Waals surface area contributed by atoms with E-state index in [1.165, 1.54) is 0 Å². The molecule has 2 nitrogen and oxygen atoms in total. The normalized spacial score (nSPS) is 12.6. The van der Waals surface area contributed by atoms with E-state index in [1.54, 1.807) is 14.2 Å². The van der Waals surface area contributed by atoms with Crippen LogP contribution in [0, 0.1) is 5.92 Å². The highest BCUT2D eigenvalue weighted by Crippen LogP contribution is 2.19. The van der Waals surface area contributed by atoms with Gasteiger partial charge in [-0.05, 0) is 12.8 Å². The summed E-state index contributed by atoms with van der Waals surface area (Å²) in [6.07, 6.45) is 0.931. The van der Waals surface area contributed by atoms with Crippen LogP contribution in [0.15, 0.2) is 0 Å². The molecule has 0 heterocycles. The average molecular weight is 146 g/mol. The van der Waals surface area contributed by atoms with Gasteiger partial charge in [-0.3, -0.25) is 0 Å². The summed E-state index contributed by atoms with van der Waals surface area (Å²) >= 11 is 0. The standard InChI is InChI=1S/C8H18O2/c1-7(2)6-8(3,9-4)10-5/h7H,6H2,1-5H3. The summed E-state index contributed by atoms with van der Waals surface area (Å²) in [5, 5.41) is 0. The molecule has 0 aromatic rings. The summed E-state index contributed by atoms with van der Waals surface area (Å²) in [5.41, 5.74) is 0. The van der Waals surface area contributed by atoms with Gasteiger partial charge in [0.2, 0.25) is 0 Å². The van der Waals surface area contributed by atoms with E-state index in [0.717, 1.165) is 6.42 Å². The Balaban J connectivity index is 3.80. The number of ether oxygens (including phenoxy) is 2. The molecule has 0 aliphatic carbocycles. The maximum Gasteiger partial charge on any atom is 0.164 e. The quantitative estimate of drug-likeness (QED) is 0.565. The Hall–Kier alpha value is -0.0800. The van der Waals surface area contributed by atoms with Crippen molar-refractivity contribution < 1.29 is 9.47 Å². The fourth-order valence-electron chi connectivity index (χ4n) is 0.992. The number of rotatable bonds is 4. The molecule has 0 spiro atoms. The fourth-order valence-corrected chi connectivity index (χ4v) is 0.992. The maximum atomic E-state index is 5.18. The van der Waals surface area contributed by atoms with Gasteiger partial charge in [-0.25, -0.2) is 0 Å². The molecule has 62 valence electrons. The zero-order chi connectivity index (χ0) is 8.20. The molecule has 0 saturated carbocycles. The summed E-state index contributed by atoms with van der Waals surface area (Å²) < 4.78 is 10.4. The highest BCUT2D eigenvalue weighted by molar-refractivity contribution is 4.63. The van der Waals surface area contributed by atoms with Crippen LogP contribution in [-0.4, -0.2) is 20.0 Å². The Morgan fingerprint density at radius 3 is 1.70 bits per heavy atom. The highest BCUT2D eigenvalue weighted by atomic mass is 16.7. The summed E-state index contributed by atoms with van der Waals surface area (Å²) in [6, 6.07) is 0. The predicted octanol–water partition coefficient (Wildman–Crippen LogP) is 2.04. The van der Waals surface area contributed by atoms with Crippen molar-refractivity contribution in [3.8, 4) is 0 Å². The van der Waals surface area contributed by atoms with E-state index in [2.05, 4.69) is 13.8 Å². The van der Waals surface area contributed by atoms with E-state index >= 15 is 0 Å². The third kappa shape index (κ3) is 3.18. The van der Waals surface area contributed by atoms with Crippen LogP contribution >= 0.6 is 0 Å². The number of hydrogen-bond acceptors (Lipinski definition) is 2. The van der Waals surface area contributed by atoms with Crippen LogP contribution in [0.25, 0.3) is 0 Å². The number of hydrogen-bond donors (Lipinski definition) is 0. The van der Waals surface area contributed by atoms with Gasteiger partial charge >= 0.3 is 0 Å². The lowest BCUT2D eigenvalue weighted by atomic mass is 10.0. The van der Waals surface area contributed by atoms with Crippen molar-refractivity contribution in [3.63, 3.8) is 0 Å². The molecule has 0 aliphatic rings. The molecule has 0 rings (SSSR count). The molecule has 10 heavy (non-hydrogen) atoms. The van der Waals surface area contributed by atoms with Crippen molar-refractivity contribution in [2.45, 2.75) is 33.0 Å². The van der Waals surface area contributed by atoms with Gasteiger partial charge in [0, 0.05) is 20.6 Å². The van der Waals surface area contributed by atoms with Gasteiger partial charge in [0.05, 0.1) is 0 Å². The average Bonchev–Trinajstić information content (AvgIpc) is 1.87. The second-order valence-electron chi connectivity index (χ2n) is 3.14. The first-order chi connectivity index (χ1) is 4.54. The van der Waals surface area contributed by atoms with Crippen molar-refractivity contribution in [3.05, 3.63) is 0 Å². The van der Waals surface area contributed by atoms with Crippen molar-refractivity contribution >= 4 is 0 Å². The van der Waals surface area contributed by atoms with Crippen LogP contribution in [0.1, 0.15) is 27.2 Å². The molecule has 0 N–H and O–H groups in total. The lowest BCUT2D eigenvalue weighted by molar-refractivity contribution is -0.202. The molecule has 2 heteroatoms. The minimum absolute atomic E-state index is 0.395. The van der Waals surface area contributed by atoms with Crippen molar-refractivity contribution in [1.82, 2.24) is 0 Å². The molecule has 0 saturated heterocycles. The Bertz CT molecular complexity index is 85.3. The molecular weight excluding hydrogens is 128 g/mol. The zero-order valence-corrected chi connectivity index (χ0v) is 7.60. The van der Waals surface area contributed by atoms with Crippen LogP contribution in [0.3, 0.4) is 0 Å². The number of methoxy groups -OCH3 is 2. The lowest BCUT2D eigenvalue weighted by Gasteiger charge is -2.27. The molecule has 0 bridgehead atoms. The van der Waals surface area contributed by atoms with E-state index in [1.807, 2.05) is 6.92 Å². The molecule has 0 aromatic heterocycles. The molecule has 0 aromatic carbocycles. The van der Waals surface area contributed by atoms with Gasteiger partial charge in [0.15, 0.2) is 5.79 Å². The summed E-state index contributed by atoms with van der Waals surface area (Å²) in [4.78, 5) is 0. The third-order valence-electron chi connectivity index (χ3n) is 1.64. The lowest BCUT2D eigenvalue weighted by Crippen LogP contribution is -2.31. The SMILES string of the molecule is COC(C)(CC(C)C)OC. The second-order valence-corrected chi connectivity index (χ2v) is 3.14. The van der Waals surface area contributed by atoms with Crippen molar-refractivity contribution in [2.24, 2.45) is 5.92 Å². The van der Waals surface area contributed by atoms with E-state index in [0.29, 0.717) is 5.92 Å². The monoisotopic (exact) mass is 146 g/mol. The molecule has 0 aliphatic heterocycles. The topological polar surface area (TPSA) is 18.5 Å². The Labute approximate surface area is 63.5 Å². The van der Waals surface area contributed by atoms with Crippen LogP contribution < -0.4 is 0 Å². The smallest absolute Gasteiger partial charge is 0.164 e. The van der Waals surface area contributed by atoms with Gasteiger partial charge in [0.25, 0.3) is 0 Å². The highest BCUT2D eigenvalue weighted by Gasteiger charge is 2.23. The largest absolute Gasteiger partial charge is 0.353 e. The van der Waals surface area contributed by atoms with E-state index in [-0.39, 0.29) is 0 Å². The zero-order valence-electron chi connectivity index (χ0n) is 7.60. The molecule has 0 unspecified atom stereocenters. The first-order valence-corrected chi connectivity index (χ1v) is 3.64. The summed E-state index contributed by atoms with van der Waals surface area (Å²) in [7, 11) is 3.34. The van der Waals surface area contributed by atoms with Gasteiger partial charge in [0.1, 0.15) is 0 Å². The van der Waals surface area contributed by atoms with Crippen LogP contribution in [0.5, 0.6) is 0 Å². The summed E-state index contributed by atoms with van der Waals surface area (Å²) in [5.74, 6) is 0.207. The maximum absolute atomic E-state index is 5.18. The second kappa shape index (κ2) is 3.94. The van der Waals surface area contributed by atoms with Crippen molar-refractivity contribution in [1.29, 1.82) is 0 Å². The first kappa shape index (κ1) is 9.92. The Morgan fingerprint density at radius 1 is 1.20 bits per heavy atom. The molecule has 0 atom stereocenters. The van der Waals surface area contributed by atoms with Gasteiger partial charge in [-0.2, -0.15) is 0 Å². The van der Waals surface area contributed by atoms with Crippen LogP contribution in [-0.2, 0) is 9.47 Å². The van der Waals surface area contributed by atoms with E-state index in [4.69, 9.17) is 9.47 Å². The predicted molar refractivity (Wildman–Crippen MR) is 41.9 cm³/mol.